The van der Waals surface area contributed by atoms with E-state index in [0.29, 0.717) is 19.0 Å². The number of rotatable bonds is 7. The average Bonchev–Trinajstić information content (AvgIpc) is 3.51. The minimum absolute atomic E-state index is 0.0559. The molecular weight excluding hydrogens is 487 g/mol. The molecule has 1 N–H and O–H groups in total. The third-order valence-corrected chi connectivity index (χ3v) is 8.03. The molecule has 4 heterocycles. The SMILES string of the molecule is Cc1nc2sccn2c(=O)c1CCN1CCC(Nc2nc3ccccc3n2Cc2ccc(F)cc2)CC1. The van der Waals surface area contributed by atoms with Crippen LogP contribution in [-0.2, 0) is 13.0 Å². The Morgan fingerprint density at radius 1 is 1.08 bits per heavy atom. The molecule has 7 nitrogen and oxygen atoms in total. The van der Waals surface area contributed by atoms with E-state index in [9.17, 15) is 9.18 Å². The van der Waals surface area contributed by atoms with Gasteiger partial charge in [0.05, 0.1) is 17.6 Å². The van der Waals surface area contributed by atoms with Crippen LogP contribution in [0.1, 0.15) is 29.7 Å². The zero-order valence-corrected chi connectivity index (χ0v) is 21.5. The van der Waals surface area contributed by atoms with Gasteiger partial charge in [-0.2, -0.15) is 0 Å². The lowest BCUT2D eigenvalue weighted by Crippen LogP contribution is -2.40. The van der Waals surface area contributed by atoms with Crippen molar-refractivity contribution in [2.75, 3.05) is 25.0 Å². The lowest BCUT2D eigenvalue weighted by atomic mass is 10.0. The van der Waals surface area contributed by atoms with E-state index in [1.807, 2.05) is 42.6 Å². The van der Waals surface area contributed by atoms with Crippen molar-refractivity contribution in [3.63, 3.8) is 0 Å². The summed E-state index contributed by atoms with van der Waals surface area (Å²) >= 11 is 1.49. The molecule has 0 spiro atoms. The van der Waals surface area contributed by atoms with Gasteiger partial charge in [0.25, 0.3) is 5.56 Å². The first-order valence-corrected chi connectivity index (χ1v) is 13.6. The van der Waals surface area contributed by atoms with Crippen molar-refractivity contribution < 1.29 is 4.39 Å². The summed E-state index contributed by atoms with van der Waals surface area (Å²) in [5.41, 5.74) is 4.74. The fourth-order valence-corrected chi connectivity index (χ4v) is 5.93. The molecule has 3 aromatic heterocycles. The number of hydrogen-bond donors (Lipinski definition) is 1. The van der Waals surface area contributed by atoms with Crippen LogP contribution in [0.25, 0.3) is 16.0 Å². The second-order valence-corrected chi connectivity index (χ2v) is 10.6. The van der Waals surface area contributed by atoms with Crippen molar-refractivity contribution in [3.05, 3.63) is 93.1 Å². The van der Waals surface area contributed by atoms with Crippen molar-refractivity contribution in [3.8, 4) is 0 Å². The van der Waals surface area contributed by atoms with Crippen molar-refractivity contribution in [1.29, 1.82) is 0 Å². The van der Waals surface area contributed by atoms with E-state index >= 15 is 0 Å². The maximum absolute atomic E-state index is 13.4. The maximum atomic E-state index is 13.4. The Morgan fingerprint density at radius 3 is 2.68 bits per heavy atom. The number of aryl methyl sites for hydroxylation is 1. The third kappa shape index (κ3) is 4.89. The Hall–Kier alpha value is -3.56. The number of para-hydroxylation sites is 2. The summed E-state index contributed by atoms with van der Waals surface area (Å²) in [6, 6.07) is 15.1. The molecule has 0 amide bonds. The number of likely N-dealkylation sites (tertiary alicyclic amines) is 1. The first kappa shape index (κ1) is 23.8. The maximum Gasteiger partial charge on any atom is 0.261 e. The Labute approximate surface area is 218 Å². The molecule has 1 aliphatic rings. The Bertz CT molecular complexity index is 1600. The third-order valence-electron chi connectivity index (χ3n) is 7.27. The van der Waals surface area contributed by atoms with E-state index in [1.54, 1.807) is 10.6 Å². The summed E-state index contributed by atoms with van der Waals surface area (Å²) in [6.45, 7) is 5.34. The van der Waals surface area contributed by atoms with Gasteiger partial charge in [0, 0.05) is 48.5 Å². The number of fused-ring (bicyclic) bond motifs is 2. The van der Waals surface area contributed by atoms with Crippen LogP contribution in [0.2, 0.25) is 0 Å². The smallest absolute Gasteiger partial charge is 0.261 e. The fraction of sp³-hybridized carbons (Fsp3) is 0.321. The largest absolute Gasteiger partial charge is 0.353 e. The topological polar surface area (TPSA) is 67.5 Å². The van der Waals surface area contributed by atoms with Crippen molar-refractivity contribution in [2.24, 2.45) is 0 Å². The highest BCUT2D eigenvalue weighted by atomic mass is 32.1. The predicted molar refractivity (Wildman–Crippen MR) is 146 cm³/mol. The van der Waals surface area contributed by atoms with Crippen molar-refractivity contribution >= 4 is 33.3 Å². The number of nitrogens with zero attached hydrogens (tertiary/aromatic N) is 5. The minimum atomic E-state index is -0.229. The van der Waals surface area contributed by atoms with Gasteiger partial charge in [-0.25, -0.2) is 14.4 Å². The lowest BCUT2D eigenvalue weighted by molar-refractivity contribution is 0.220. The van der Waals surface area contributed by atoms with E-state index in [1.165, 1.54) is 23.5 Å². The van der Waals surface area contributed by atoms with Crippen LogP contribution in [0.5, 0.6) is 0 Å². The van der Waals surface area contributed by atoms with Crippen LogP contribution in [0.4, 0.5) is 10.3 Å². The molecular formula is C28H29FN6OS. The van der Waals surface area contributed by atoms with Gasteiger partial charge in [-0.1, -0.05) is 24.3 Å². The van der Waals surface area contributed by atoms with Gasteiger partial charge in [0.1, 0.15) is 5.82 Å². The normalized spacial score (nSPS) is 15.1. The van der Waals surface area contributed by atoms with Crippen molar-refractivity contribution in [1.82, 2.24) is 23.8 Å². The molecule has 1 saturated heterocycles. The van der Waals surface area contributed by atoms with Gasteiger partial charge in [-0.15, -0.1) is 11.3 Å². The van der Waals surface area contributed by atoms with Gasteiger partial charge in [0.15, 0.2) is 4.96 Å². The average molecular weight is 517 g/mol. The number of imidazole rings is 1. The fourth-order valence-electron chi connectivity index (χ4n) is 5.18. The molecule has 9 heteroatoms. The molecule has 5 aromatic rings. The zero-order chi connectivity index (χ0) is 25.4. The number of halogens is 1. The standard InChI is InChI=1S/C28H29FN6OS/c1-19-23(26(36)34-16-17-37-28(34)30-19)12-15-33-13-10-22(11-14-33)31-27-32-24-4-2-3-5-25(24)35(27)18-20-6-8-21(29)9-7-20/h2-9,16-17,22H,10-15,18H2,1H3,(H,31,32). The summed E-state index contributed by atoms with van der Waals surface area (Å²) in [4.78, 5) is 25.5. The van der Waals surface area contributed by atoms with Crippen LogP contribution in [0, 0.1) is 12.7 Å². The summed E-state index contributed by atoms with van der Waals surface area (Å²) in [5, 5.41) is 5.59. The molecule has 0 atom stereocenters. The Balaban J connectivity index is 1.11. The van der Waals surface area contributed by atoms with E-state index in [4.69, 9.17) is 4.98 Å². The highest BCUT2D eigenvalue weighted by Crippen LogP contribution is 2.24. The van der Waals surface area contributed by atoms with Crippen LogP contribution in [0.15, 0.2) is 64.9 Å². The summed E-state index contributed by atoms with van der Waals surface area (Å²) < 4.78 is 17.3. The van der Waals surface area contributed by atoms with Crippen LogP contribution >= 0.6 is 11.3 Å². The number of thiazole rings is 1. The molecule has 2 aromatic carbocycles. The van der Waals surface area contributed by atoms with Crippen LogP contribution in [0.3, 0.4) is 0 Å². The van der Waals surface area contributed by atoms with Gasteiger partial charge in [-0.05, 0) is 56.0 Å². The molecule has 0 bridgehead atoms. The summed E-state index contributed by atoms with van der Waals surface area (Å²) in [7, 11) is 0. The van der Waals surface area contributed by atoms with E-state index < -0.39 is 0 Å². The van der Waals surface area contributed by atoms with Gasteiger partial charge in [-0.3, -0.25) is 9.20 Å². The molecule has 0 unspecified atom stereocenters. The Morgan fingerprint density at radius 2 is 1.86 bits per heavy atom. The second-order valence-electron chi connectivity index (χ2n) is 9.68. The molecule has 0 aliphatic carbocycles. The number of benzene rings is 2. The van der Waals surface area contributed by atoms with E-state index in [-0.39, 0.29) is 11.4 Å². The molecule has 1 fully saturated rings. The quantitative estimate of drug-likeness (QED) is 0.339. The first-order chi connectivity index (χ1) is 18.0. The number of nitrogens with one attached hydrogen (secondary N) is 1. The second kappa shape index (κ2) is 10.1. The summed E-state index contributed by atoms with van der Waals surface area (Å²) in [5.74, 6) is 0.621. The van der Waals surface area contributed by atoms with Crippen LogP contribution in [-0.4, -0.2) is 49.5 Å². The first-order valence-electron chi connectivity index (χ1n) is 12.7. The number of aromatic nitrogens is 4. The molecule has 37 heavy (non-hydrogen) atoms. The van der Waals surface area contributed by atoms with Crippen molar-refractivity contribution in [2.45, 2.75) is 38.8 Å². The van der Waals surface area contributed by atoms with Gasteiger partial charge in [0.2, 0.25) is 5.95 Å². The molecule has 6 rings (SSSR count). The summed E-state index contributed by atoms with van der Waals surface area (Å²) in [6.07, 6.45) is 4.51. The van der Waals surface area contributed by atoms with E-state index in [0.717, 1.165) is 71.2 Å². The minimum Gasteiger partial charge on any atom is -0.353 e. The lowest BCUT2D eigenvalue weighted by Gasteiger charge is -2.32. The van der Waals surface area contributed by atoms with Crippen LogP contribution < -0.4 is 10.9 Å². The molecule has 0 radical (unpaired) electrons. The highest BCUT2D eigenvalue weighted by Gasteiger charge is 2.22. The molecule has 190 valence electrons. The monoisotopic (exact) mass is 516 g/mol. The number of hydrogen-bond acceptors (Lipinski definition) is 6. The molecule has 1 aliphatic heterocycles. The van der Waals surface area contributed by atoms with Gasteiger partial charge >= 0.3 is 0 Å². The zero-order valence-electron chi connectivity index (χ0n) is 20.7. The van der Waals surface area contributed by atoms with E-state index in [2.05, 4.69) is 25.8 Å². The number of anilines is 1. The predicted octanol–water partition coefficient (Wildman–Crippen LogP) is 4.72. The van der Waals surface area contributed by atoms with Gasteiger partial charge < -0.3 is 14.8 Å². The Kier molecular flexibility index (Phi) is 6.48. The molecule has 0 saturated carbocycles. The number of piperidine rings is 1. The highest BCUT2D eigenvalue weighted by molar-refractivity contribution is 7.15.